The van der Waals surface area contributed by atoms with Crippen molar-refractivity contribution in [1.82, 2.24) is 14.5 Å². The van der Waals surface area contributed by atoms with E-state index in [1.807, 2.05) is 18.2 Å². The molecule has 0 spiro atoms. The van der Waals surface area contributed by atoms with Crippen molar-refractivity contribution in [2.24, 2.45) is 7.05 Å². The van der Waals surface area contributed by atoms with Crippen LogP contribution < -0.4 is 0 Å². The van der Waals surface area contributed by atoms with Gasteiger partial charge in [-0.2, -0.15) is 0 Å². The van der Waals surface area contributed by atoms with Crippen LogP contribution in [0.2, 0.25) is 5.02 Å². The van der Waals surface area contributed by atoms with Crippen LogP contribution in [0.1, 0.15) is 31.5 Å². The number of fused-ring (bicyclic) bond motifs is 1. The van der Waals surface area contributed by atoms with Crippen LogP contribution in [0.5, 0.6) is 0 Å². The van der Waals surface area contributed by atoms with E-state index in [4.69, 9.17) is 21.7 Å². The summed E-state index contributed by atoms with van der Waals surface area (Å²) in [6.07, 6.45) is 4.49. The summed E-state index contributed by atoms with van der Waals surface area (Å²) in [6.45, 7) is 2.19. The van der Waals surface area contributed by atoms with E-state index in [1.54, 1.807) is 0 Å². The lowest BCUT2D eigenvalue weighted by atomic mass is 10.3. The molecule has 2 aromatic rings. The van der Waals surface area contributed by atoms with Gasteiger partial charge in [0.25, 0.3) is 0 Å². The van der Waals surface area contributed by atoms with Crippen LogP contribution in [-0.4, -0.2) is 38.8 Å². The van der Waals surface area contributed by atoms with Crippen molar-refractivity contribution >= 4 is 22.6 Å². The van der Waals surface area contributed by atoms with Crippen LogP contribution in [0.4, 0.5) is 0 Å². The molecule has 114 valence electrons. The molecule has 1 fully saturated rings. The Labute approximate surface area is 130 Å². The molecule has 0 bridgehead atoms. The summed E-state index contributed by atoms with van der Waals surface area (Å²) >= 11 is 6.05. The molecule has 1 aliphatic rings. The van der Waals surface area contributed by atoms with Crippen LogP contribution >= 0.6 is 11.6 Å². The van der Waals surface area contributed by atoms with Crippen LogP contribution in [0.3, 0.4) is 0 Å². The Kier molecular flexibility index (Phi) is 4.48. The predicted molar refractivity (Wildman–Crippen MR) is 85.5 cm³/mol. The molecule has 1 aromatic heterocycles. The average molecular weight is 308 g/mol. The van der Waals surface area contributed by atoms with Crippen LogP contribution in [0.15, 0.2) is 18.2 Å². The number of rotatable bonds is 7. The Morgan fingerprint density at radius 3 is 2.90 bits per heavy atom. The Hall–Kier alpha value is -1.10. The van der Waals surface area contributed by atoms with Gasteiger partial charge in [0.1, 0.15) is 5.82 Å². The van der Waals surface area contributed by atoms with E-state index in [0.717, 1.165) is 47.8 Å². The Morgan fingerprint density at radius 1 is 1.38 bits per heavy atom. The molecule has 1 heterocycles. The monoisotopic (exact) mass is 307 g/mol. The third-order valence-electron chi connectivity index (χ3n) is 4.20. The first-order valence-corrected chi connectivity index (χ1v) is 8.02. The molecule has 0 unspecified atom stereocenters. The second-order valence-electron chi connectivity index (χ2n) is 5.85. The van der Waals surface area contributed by atoms with Crippen molar-refractivity contribution in [2.75, 3.05) is 13.2 Å². The van der Waals surface area contributed by atoms with Gasteiger partial charge in [0.2, 0.25) is 0 Å². The molecule has 21 heavy (non-hydrogen) atoms. The van der Waals surface area contributed by atoms with Gasteiger partial charge in [-0.1, -0.05) is 11.6 Å². The SMILES string of the molecule is Cn1c(CN(CCCCO)C2CC2)nc2cc(Cl)ccc21. The molecule has 0 atom stereocenters. The van der Waals surface area contributed by atoms with E-state index in [2.05, 4.69) is 16.5 Å². The highest BCUT2D eigenvalue weighted by Gasteiger charge is 2.29. The number of aromatic nitrogens is 2. The van der Waals surface area contributed by atoms with E-state index in [0.29, 0.717) is 6.04 Å². The first-order valence-electron chi connectivity index (χ1n) is 7.65. The van der Waals surface area contributed by atoms with Crippen molar-refractivity contribution in [2.45, 2.75) is 38.3 Å². The fourth-order valence-electron chi connectivity index (χ4n) is 2.80. The largest absolute Gasteiger partial charge is 0.396 e. The molecule has 1 aromatic carbocycles. The van der Waals surface area contributed by atoms with Gasteiger partial charge in [-0.15, -0.1) is 0 Å². The quantitative estimate of drug-likeness (QED) is 0.800. The number of halogens is 1. The van der Waals surface area contributed by atoms with Gasteiger partial charge < -0.3 is 9.67 Å². The number of hydrogen-bond donors (Lipinski definition) is 1. The van der Waals surface area contributed by atoms with Crippen molar-refractivity contribution < 1.29 is 5.11 Å². The van der Waals surface area contributed by atoms with Crippen molar-refractivity contribution in [1.29, 1.82) is 0 Å². The summed E-state index contributed by atoms with van der Waals surface area (Å²) in [5, 5.41) is 9.67. The number of benzene rings is 1. The van der Waals surface area contributed by atoms with E-state index < -0.39 is 0 Å². The number of nitrogens with zero attached hydrogens (tertiary/aromatic N) is 3. The Balaban J connectivity index is 1.77. The fraction of sp³-hybridized carbons (Fsp3) is 0.562. The lowest BCUT2D eigenvalue weighted by Crippen LogP contribution is -2.28. The van der Waals surface area contributed by atoms with Gasteiger partial charge >= 0.3 is 0 Å². The van der Waals surface area contributed by atoms with Crippen LogP contribution in [-0.2, 0) is 13.6 Å². The molecule has 4 nitrogen and oxygen atoms in total. The van der Waals surface area contributed by atoms with Crippen molar-refractivity contribution in [3.8, 4) is 0 Å². The minimum Gasteiger partial charge on any atom is -0.396 e. The normalized spacial score (nSPS) is 15.2. The third-order valence-corrected chi connectivity index (χ3v) is 4.43. The van der Waals surface area contributed by atoms with E-state index >= 15 is 0 Å². The van der Waals surface area contributed by atoms with E-state index in [1.165, 1.54) is 12.8 Å². The maximum atomic E-state index is 8.94. The summed E-state index contributed by atoms with van der Waals surface area (Å²) in [4.78, 5) is 7.24. The molecule has 0 aliphatic heterocycles. The molecular weight excluding hydrogens is 286 g/mol. The fourth-order valence-corrected chi connectivity index (χ4v) is 2.97. The average Bonchev–Trinajstić information content (AvgIpc) is 3.25. The summed E-state index contributed by atoms with van der Waals surface area (Å²) < 4.78 is 2.16. The minimum absolute atomic E-state index is 0.281. The maximum absolute atomic E-state index is 8.94. The van der Waals surface area contributed by atoms with Crippen molar-refractivity contribution in [3.05, 3.63) is 29.0 Å². The van der Waals surface area contributed by atoms with Gasteiger partial charge in [-0.05, 0) is 50.4 Å². The van der Waals surface area contributed by atoms with Gasteiger partial charge in [0.15, 0.2) is 0 Å². The van der Waals surface area contributed by atoms with Gasteiger partial charge in [0.05, 0.1) is 17.6 Å². The number of hydrogen-bond acceptors (Lipinski definition) is 3. The second-order valence-corrected chi connectivity index (χ2v) is 6.29. The van der Waals surface area contributed by atoms with Gasteiger partial charge in [-0.3, -0.25) is 4.90 Å². The molecule has 0 radical (unpaired) electrons. The highest BCUT2D eigenvalue weighted by molar-refractivity contribution is 6.31. The number of imidazole rings is 1. The van der Waals surface area contributed by atoms with Crippen LogP contribution in [0.25, 0.3) is 11.0 Å². The lowest BCUT2D eigenvalue weighted by molar-refractivity contribution is 0.223. The van der Waals surface area contributed by atoms with E-state index in [-0.39, 0.29) is 6.61 Å². The molecular formula is C16H22ClN3O. The zero-order valence-electron chi connectivity index (χ0n) is 12.4. The number of aryl methyl sites for hydroxylation is 1. The zero-order chi connectivity index (χ0) is 14.8. The minimum atomic E-state index is 0.281. The smallest absolute Gasteiger partial charge is 0.123 e. The highest BCUT2D eigenvalue weighted by Crippen LogP contribution is 2.29. The molecule has 1 saturated carbocycles. The highest BCUT2D eigenvalue weighted by atomic mass is 35.5. The summed E-state index contributed by atoms with van der Waals surface area (Å²) in [5.74, 6) is 1.09. The Bertz CT molecular complexity index is 621. The standard InChI is InChI=1S/C16H22ClN3O/c1-19-15-7-4-12(17)10-14(15)18-16(19)11-20(13-5-6-13)8-2-3-9-21/h4,7,10,13,21H,2-3,5-6,8-9,11H2,1H3. The molecule has 1 N–H and O–H groups in total. The molecule has 5 heteroatoms. The lowest BCUT2D eigenvalue weighted by Gasteiger charge is -2.21. The van der Waals surface area contributed by atoms with Crippen molar-refractivity contribution in [3.63, 3.8) is 0 Å². The third kappa shape index (κ3) is 3.39. The predicted octanol–water partition coefficient (Wildman–Crippen LogP) is 2.96. The number of unbranched alkanes of at least 4 members (excludes halogenated alkanes) is 1. The molecule has 1 aliphatic carbocycles. The molecule has 0 saturated heterocycles. The summed E-state index contributed by atoms with van der Waals surface area (Å²) in [6, 6.07) is 6.57. The first-order chi connectivity index (χ1) is 10.2. The zero-order valence-corrected chi connectivity index (χ0v) is 13.2. The molecule has 3 rings (SSSR count). The molecule has 0 amide bonds. The van der Waals surface area contributed by atoms with Crippen LogP contribution in [0, 0.1) is 0 Å². The number of aliphatic hydroxyl groups excluding tert-OH is 1. The number of aliphatic hydroxyl groups is 1. The first kappa shape index (κ1) is 14.8. The second kappa shape index (κ2) is 6.34. The Morgan fingerprint density at radius 2 is 2.19 bits per heavy atom. The van der Waals surface area contributed by atoms with Gasteiger partial charge in [0, 0.05) is 24.7 Å². The summed E-state index contributed by atoms with van der Waals surface area (Å²) in [7, 11) is 2.07. The topological polar surface area (TPSA) is 41.3 Å². The summed E-state index contributed by atoms with van der Waals surface area (Å²) in [5.41, 5.74) is 2.09. The van der Waals surface area contributed by atoms with E-state index in [9.17, 15) is 0 Å². The van der Waals surface area contributed by atoms with Gasteiger partial charge in [-0.25, -0.2) is 4.98 Å². The maximum Gasteiger partial charge on any atom is 0.123 e.